The molecule has 0 aromatic carbocycles. The predicted octanol–water partition coefficient (Wildman–Crippen LogP) is -0.170. The molecule has 2 rings (SSSR count). The van der Waals surface area contributed by atoms with E-state index in [1.54, 1.807) is 0 Å². The molecule has 2 aliphatic heterocycles. The summed E-state index contributed by atoms with van der Waals surface area (Å²) < 4.78 is 0. The molecule has 1 amide bonds. The molecular formula is C10H14N2O. The van der Waals surface area contributed by atoms with Gasteiger partial charge in [-0.25, -0.2) is 0 Å². The molecule has 13 heavy (non-hydrogen) atoms. The van der Waals surface area contributed by atoms with Crippen molar-refractivity contribution < 1.29 is 4.79 Å². The summed E-state index contributed by atoms with van der Waals surface area (Å²) in [6.45, 7) is 2.71. The van der Waals surface area contributed by atoms with Crippen LogP contribution < -0.4 is 5.32 Å². The zero-order valence-electron chi connectivity index (χ0n) is 7.62. The Labute approximate surface area is 78.5 Å². The largest absolute Gasteiger partial charge is 0.337 e. The van der Waals surface area contributed by atoms with Gasteiger partial charge in [-0.2, -0.15) is 0 Å². The number of hydrogen-bond donors (Lipinski definition) is 1. The second kappa shape index (κ2) is 3.39. The highest BCUT2D eigenvalue weighted by molar-refractivity contribution is 5.82. The Morgan fingerprint density at radius 3 is 3.23 bits per heavy atom. The van der Waals surface area contributed by atoms with Crippen LogP contribution in [0.3, 0.4) is 0 Å². The van der Waals surface area contributed by atoms with Gasteiger partial charge in [-0.15, -0.1) is 12.3 Å². The van der Waals surface area contributed by atoms with Crippen LogP contribution in [0.5, 0.6) is 0 Å². The van der Waals surface area contributed by atoms with E-state index >= 15 is 0 Å². The zero-order chi connectivity index (χ0) is 9.26. The lowest BCUT2D eigenvalue weighted by Crippen LogP contribution is -2.49. The van der Waals surface area contributed by atoms with Gasteiger partial charge in [0.25, 0.3) is 0 Å². The number of piperazine rings is 1. The first-order valence-electron chi connectivity index (χ1n) is 4.77. The van der Waals surface area contributed by atoms with Gasteiger partial charge in [0.05, 0.1) is 5.92 Å². The number of hydrogen-bond acceptors (Lipinski definition) is 2. The van der Waals surface area contributed by atoms with Crippen molar-refractivity contribution in [1.29, 1.82) is 0 Å². The number of fused-ring (bicyclic) bond motifs is 1. The van der Waals surface area contributed by atoms with Crippen molar-refractivity contribution >= 4 is 5.91 Å². The van der Waals surface area contributed by atoms with Crippen molar-refractivity contribution in [1.82, 2.24) is 10.2 Å². The van der Waals surface area contributed by atoms with E-state index in [-0.39, 0.29) is 11.8 Å². The highest BCUT2D eigenvalue weighted by atomic mass is 16.2. The fourth-order valence-electron chi connectivity index (χ4n) is 2.24. The summed E-state index contributed by atoms with van der Waals surface area (Å²) in [5, 5.41) is 3.29. The highest BCUT2D eigenvalue weighted by Crippen LogP contribution is 2.27. The second-order valence-electron chi connectivity index (χ2n) is 3.73. The van der Waals surface area contributed by atoms with Crippen molar-refractivity contribution in [3.63, 3.8) is 0 Å². The molecule has 0 radical (unpaired) electrons. The van der Waals surface area contributed by atoms with Crippen LogP contribution in [-0.4, -0.2) is 36.5 Å². The van der Waals surface area contributed by atoms with Gasteiger partial charge in [0, 0.05) is 32.1 Å². The molecule has 0 aromatic rings. The van der Waals surface area contributed by atoms with Crippen LogP contribution >= 0.6 is 0 Å². The molecule has 0 saturated carbocycles. The number of carbonyl (C=O) groups excluding carboxylic acids is 1. The normalized spacial score (nSPS) is 32.8. The molecule has 2 saturated heterocycles. The molecule has 1 N–H and O–H groups in total. The third kappa shape index (κ3) is 1.42. The minimum atomic E-state index is 0.0925. The Morgan fingerprint density at radius 1 is 1.69 bits per heavy atom. The number of nitrogens with zero attached hydrogens (tertiary/aromatic N) is 1. The first-order valence-corrected chi connectivity index (χ1v) is 4.77. The van der Waals surface area contributed by atoms with Gasteiger partial charge in [-0.3, -0.25) is 4.79 Å². The molecule has 0 aromatic heterocycles. The van der Waals surface area contributed by atoms with Gasteiger partial charge >= 0.3 is 0 Å². The standard InChI is InChI=1S/C10H14N2O/c1-2-3-8-6-9-7-11-4-5-12(9)10(8)13/h1,8-9,11H,3-7H2/t8-,9-/m0/s1. The molecule has 2 atom stereocenters. The van der Waals surface area contributed by atoms with Crippen molar-refractivity contribution in [2.45, 2.75) is 18.9 Å². The second-order valence-corrected chi connectivity index (χ2v) is 3.73. The van der Waals surface area contributed by atoms with Gasteiger partial charge in [-0.05, 0) is 6.42 Å². The topological polar surface area (TPSA) is 32.3 Å². The minimum Gasteiger partial charge on any atom is -0.337 e. The summed E-state index contributed by atoms with van der Waals surface area (Å²) >= 11 is 0. The van der Waals surface area contributed by atoms with Crippen molar-refractivity contribution in [3.05, 3.63) is 0 Å². The maximum Gasteiger partial charge on any atom is 0.227 e. The van der Waals surface area contributed by atoms with E-state index in [0.717, 1.165) is 26.1 Å². The first kappa shape index (κ1) is 8.58. The summed E-state index contributed by atoms with van der Waals surface area (Å²) in [7, 11) is 0. The number of nitrogens with one attached hydrogen (secondary N) is 1. The van der Waals surface area contributed by atoms with Crippen LogP contribution in [-0.2, 0) is 4.79 Å². The maximum atomic E-state index is 11.7. The van der Waals surface area contributed by atoms with Gasteiger partial charge in [0.1, 0.15) is 0 Å². The zero-order valence-corrected chi connectivity index (χ0v) is 7.62. The van der Waals surface area contributed by atoms with Crippen molar-refractivity contribution in [2.75, 3.05) is 19.6 Å². The smallest absolute Gasteiger partial charge is 0.227 e. The lowest BCUT2D eigenvalue weighted by molar-refractivity contribution is -0.132. The first-order chi connectivity index (χ1) is 6.33. The molecule has 70 valence electrons. The molecule has 2 heterocycles. The van der Waals surface area contributed by atoms with E-state index in [9.17, 15) is 4.79 Å². The summed E-state index contributed by atoms with van der Waals surface area (Å²) in [5.74, 6) is 2.94. The third-order valence-electron chi connectivity index (χ3n) is 2.90. The molecule has 0 spiro atoms. The summed E-state index contributed by atoms with van der Waals surface area (Å²) in [6, 6.07) is 0.402. The van der Waals surface area contributed by atoms with Crippen LogP contribution in [0.2, 0.25) is 0 Å². The molecule has 2 fully saturated rings. The highest BCUT2D eigenvalue weighted by Gasteiger charge is 2.39. The van der Waals surface area contributed by atoms with Gasteiger partial charge < -0.3 is 10.2 Å². The number of amides is 1. The summed E-state index contributed by atoms with van der Waals surface area (Å²) in [6.07, 6.45) is 6.77. The third-order valence-corrected chi connectivity index (χ3v) is 2.90. The number of terminal acetylenes is 1. The molecular weight excluding hydrogens is 164 g/mol. The fraction of sp³-hybridized carbons (Fsp3) is 0.700. The average molecular weight is 178 g/mol. The van der Waals surface area contributed by atoms with E-state index < -0.39 is 0 Å². The van der Waals surface area contributed by atoms with Crippen LogP contribution in [0.15, 0.2) is 0 Å². The molecule has 2 aliphatic rings. The molecule has 0 aliphatic carbocycles. The Morgan fingerprint density at radius 2 is 2.54 bits per heavy atom. The number of rotatable bonds is 1. The number of carbonyl (C=O) groups is 1. The molecule has 0 bridgehead atoms. The van der Waals surface area contributed by atoms with Crippen molar-refractivity contribution in [3.8, 4) is 12.3 Å². The Balaban J connectivity index is 2.06. The lowest BCUT2D eigenvalue weighted by Gasteiger charge is -2.29. The Bertz CT molecular complexity index is 256. The molecule has 0 unspecified atom stereocenters. The van der Waals surface area contributed by atoms with Crippen LogP contribution in [0, 0.1) is 18.3 Å². The quantitative estimate of drug-likeness (QED) is 0.565. The van der Waals surface area contributed by atoms with Gasteiger partial charge in [0.2, 0.25) is 5.91 Å². The van der Waals surface area contributed by atoms with Gasteiger partial charge in [-0.1, -0.05) is 0 Å². The van der Waals surface area contributed by atoms with E-state index in [1.165, 1.54) is 0 Å². The molecule has 3 heteroatoms. The van der Waals surface area contributed by atoms with Gasteiger partial charge in [0.15, 0.2) is 0 Å². The summed E-state index contributed by atoms with van der Waals surface area (Å²) in [5.41, 5.74) is 0. The predicted molar refractivity (Wildman–Crippen MR) is 49.9 cm³/mol. The Hall–Kier alpha value is -1.01. The monoisotopic (exact) mass is 178 g/mol. The SMILES string of the molecule is C#CC[C@H]1C[C@H]2CNCCN2C1=O. The minimum absolute atomic E-state index is 0.0925. The van der Waals surface area contributed by atoms with E-state index in [4.69, 9.17) is 6.42 Å². The van der Waals surface area contributed by atoms with Crippen LogP contribution in [0.25, 0.3) is 0 Å². The summed E-state index contributed by atoms with van der Waals surface area (Å²) in [4.78, 5) is 13.7. The lowest BCUT2D eigenvalue weighted by atomic mass is 10.0. The van der Waals surface area contributed by atoms with E-state index in [2.05, 4.69) is 11.2 Å². The molecule has 3 nitrogen and oxygen atoms in total. The Kier molecular flexibility index (Phi) is 2.24. The average Bonchev–Trinajstić information content (AvgIpc) is 2.46. The van der Waals surface area contributed by atoms with E-state index in [0.29, 0.717) is 12.5 Å². The maximum absolute atomic E-state index is 11.7. The van der Waals surface area contributed by atoms with E-state index in [1.807, 2.05) is 4.90 Å². The van der Waals surface area contributed by atoms with Crippen molar-refractivity contribution in [2.24, 2.45) is 5.92 Å². The van der Waals surface area contributed by atoms with Crippen LogP contribution in [0.1, 0.15) is 12.8 Å². The fourth-order valence-corrected chi connectivity index (χ4v) is 2.24. The van der Waals surface area contributed by atoms with Crippen LogP contribution in [0.4, 0.5) is 0 Å².